The van der Waals surface area contributed by atoms with Gasteiger partial charge in [-0.1, -0.05) is 12.1 Å². The minimum Gasteiger partial charge on any atom is -0.352 e. The van der Waals surface area contributed by atoms with Gasteiger partial charge in [-0.2, -0.15) is 0 Å². The van der Waals surface area contributed by atoms with E-state index in [1.54, 1.807) is 18.6 Å². The van der Waals surface area contributed by atoms with Crippen LogP contribution in [-0.2, 0) is 6.54 Å². The van der Waals surface area contributed by atoms with Gasteiger partial charge in [-0.15, -0.1) is 12.4 Å². The molecule has 2 aromatic rings. The first-order chi connectivity index (χ1) is 10.8. The van der Waals surface area contributed by atoms with E-state index in [1.807, 2.05) is 29.2 Å². The first-order valence-corrected chi connectivity index (χ1v) is 7.37. The number of piperazine rings is 1. The van der Waals surface area contributed by atoms with Crippen LogP contribution in [-0.4, -0.2) is 47.0 Å². The highest BCUT2D eigenvalue weighted by Gasteiger charge is 2.22. The van der Waals surface area contributed by atoms with Crippen molar-refractivity contribution in [1.82, 2.24) is 14.9 Å². The van der Waals surface area contributed by atoms with E-state index in [9.17, 15) is 4.79 Å². The van der Waals surface area contributed by atoms with Crippen LogP contribution in [0.2, 0.25) is 0 Å². The van der Waals surface area contributed by atoms with Gasteiger partial charge in [0.2, 0.25) is 0 Å². The Balaban J connectivity index is 0.00000192. The lowest BCUT2D eigenvalue weighted by molar-refractivity contribution is 0.0746. The van der Waals surface area contributed by atoms with Gasteiger partial charge in [0, 0.05) is 50.7 Å². The molecule has 23 heavy (non-hydrogen) atoms. The third kappa shape index (κ3) is 3.97. The van der Waals surface area contributed by atoms with Crippen molar-refractivity contribution in [2.24, 2.45) is 5.73 Å². The van der Waals surface area contributed by atoms with E-state index in [2.05, 4.69) is 14.9 Å². The van der Waals surface area contributed by atoms with Crippen molar-refractivity contribution in [2.45, 2.75) is 6.54 Å². The third-order valence-electron chi connectivity index (χ3n) is 3.88. The van der Waals surface area contributed by atoms with Crippen molar-refractivity contribution in [2.75, 3.05) is 31.1 Å². The van der Waals surface area contributed by atoms with E-state index in [0.717, 1.165) is 24.5 Å². The molecule has 0 saturated carbocycles. The number of carbonyl (C=O) groups excluding carboxylic acids is 1. The van der Waals surface area contributed by atoms with Gasteiger partial charge in [0.05, 0.1) is 6.20 Å². The monoisotopic (exact) mass is 333 g/mol. The number of amides is 1. The highest BCUT2D eigenvalue weighted by Crippen LogP contribution is 2.14. The number of hydrogen-bond donors (Lipinski definition) is 1. The van der Waals surface area contributed by atoms with Crippen LogP contribution in [0.3, 0.4) is 0 Å². The number of carbonyl (C=O) groups is 1. The second-order valence-corrected chi connectivity index (χ2v) is 5.24. The number of hydrogen-bond acceptors (Lipinski definition) is 5. The molecular weight excluding hydrogens is 314 g/mol. The molecule has 122 valence electrons. The van der Waals surface area contributed by atoms with Crippen LogP contribution in [0.4, 0.5) is 5.82 Å². The smallest absolute Gasteiger partial charge is 0.253 e. The number of halogens is 1. The third-order valence-corrected chi connectivity index (χ3v) is 3.88. The molecule has 1 amide bonds. The molecule has 1 aromatic heterocycles. The average molecular weight is 334 g/mol. The second-order valence-electron chi connectivity index (χ2n) is 5.24. The highest BCUT2D eigenvalue weighted by atomic mass is 35.5. The number of rotatable bonds is 3. The van der Waals surface area contributed by atoms with Crippen molar-refractivity contribution in [1.29, 1.82) is 0 Å². The van der Waals surface area contributed by atoms with Gasteiger partial charge >= 0.3 is 0 Å². The Kier molecular flexibility index (Phi) is 5.90. The first kappa shape index (κ1) is 17.2. The summed E-state index contributed by atoms with van der Waals surface area (Å²) in [7, 11) is 0. The van der Waals surface area contributed by atoms with Crippen LogP contribution >= 0.6 is 12.4 Å². The Morgan fingerprint density at radius 1 is 1.09 bits per heavy atom. The van der Waals surface area contributed by atoms with Gasteiger partial charge < -0.3 is 15.5 Å². The van der Waals surface area contributed by atoms with Gasteiger partial charge in [0.1, 0.15) is 5.82 Å². The summed E-state index contributed by atoms with van der Waals surface area (Å²) in [6, 6.07) is 7.51. The molecule has 1 saturated heterocycles. The summed E-state index contributed by atoms with van der Waals surface area (Å²) in [4.78, 5) is 24.9. The van der Waals surface area contributed by atoms with Crippen LogP contribution in [0, 0.1) is 0 Å². The standard InChI is InChI=1S/C16H19N5O.ClH/c17-11-13-1-3-14(4-2-13)16(22)21-9-7-20(8-10-21)15-12-18-5-6-19-15;/h1-6,12H,7-11,17H2;1H. The predicted octanol–water partition coefficient (Wildman–Crippen LogP) is 1.32. The summed E-state index contributed by atoms with van der Waals surface area (Å²) >= 11 is 0. The minimum atomic E-state index is 0. The van der Waals surface area contributed by atoms with E-state index >= 15 is 0 Å². The summed E-state index contributed by atoms with van der Waals surface area (Å²) in [6.07, 6.45) is 5.10. The van der Waals surface area contributed by atoms with E-state index in [1.165, 1.54) is 0 Å². The Hall–Kier alpha value is -2.18. The number of nitrogens with zero attached hydrogens (tertiary/aromatic N) is 4. The molecule has 6 nitrogen and oxygen atoms in total. The molecule has 1 aliphatic heterocycles. The number of benzene rings is 1. The van der Waals surface area contributed by atoms with Crippen LogP contribution in [0.1, 0.15) is 15.9 Å². The molecule has 1 fully saturated rings. The lowest BCUT2D eigenvalue weighted by Crippen LogP contribution is -2.49. The molecule has 7 heteroatoms. The van der Waals surface area contributed by atoms with Crippen LogP contribution in [0.25, 0.3) is 0 Å². The first-order valence-electron chi connectivity index (χ1n) is 7.37. The Bertz CT molecular complexity index is 627. The number of aromatic nitrogens is 2. The second kappa shape index (κ2) is 7.89. The van der Waals surface area contributed by atoms with Crippen LogP contribution in [0.15, 0.2) is 42.9 Å². The van der Waals surface area contributed by atoms with Crippen molar-refractivity contribution < 1.29 is 4.79 Å². The fourth-order valence-electron chi connectivity index (χ4n) is 2.56. The van der Waals surface area contributed by atoms with Crippen LogP contribution < -0.4 is 10.6 Å². The largest absolute Gasteiger partial charge is 0.352 e. The summed E-state index contributed by atoms with van der Waals surface area (Å²) in [6.45, 7) is 3.41. The fraction of sp³-hybridized carbons (Fsp3) is 0.312. The molecule has 0 aliphatic carbocycles. The van der Waals surface area contributed by atoms with E-state index in [0.29, 0.717) is 25.2 Å². The number of anilines is 1. The fourth-order valence-corrected chi connectivity index (χ4v) is 2.56. The molecular formula is C16H20ClN5O. The molecule has 0 atom stereocenters. The summed E-state index contributed by atoms with van der Waals surface area (Å²) < 4.78 is 0. The van der Waals surface area contributed by atoms with Gasteiger partial charge in [0.15, 0.2) is 0 Å². The molecule has 0 bridgehead atoms. The van der Waals surface area contributed by atoms with Crippen LogP contribution in [0.5, 0.6) is 0 Å². The molecule has 1 aromatic carbocycles. The maximum absolute atomic E-state index is 12.5. The summed E-state index contributed by atoms with van der Waals surface area (Å²) in [5, 5.41) is 0. The van der Waals surface area contributed by atoms with Gasteiger partial charge in [-0.05, 0) is 17.7 Å². The molecule has 0 spiro atoms. The van der Waals surface area contributed by atoms with Crippen molar-refractivity contribution in [3.05, 3.63) is 54.0 Å². The molecule has 2 heterocycles. The zero-order valence-corrected chi connectivity index (χ0v) is 13.6. The molecule has 3 rings (SSSR count). The Labute approximate surface area is 141 Å². The Morgan fingerprint density at radius 3 is 2.35 bits per heavy atom. The molecule has 1 aliphatic rings. The topological polar surface area (TPSA) is 75.4 Å². The van der Waals surface area contributed by atoms with Gasteiger partial charge in [-0.25, -0.2) is 4.98 Å². The SMILES string of the molecule is Cl.NCc1ccc(C(=O)N2CCN(c3cnccn3)CC2)cc1. The van der Waals surface area contributed by atoms with Gasteiger partial charge in [-0.3, -0.25) is 9.78 Å². The number of nitrogens with two attached hydrogens (primary N) is 1. The molecule has 0 radical (unpaired) electrons. The highest BCUT2D eigenvalue weighted by molar-refractivity contribution is 5.94. The molecule has 0 unspecified atom stereocenters. The minimum absolute atomic E-state index is 0. The summed E-state index contributed by atoms with van der Waals surface area (Å²) in [5.74, 6) is 0.935. The lowest BCUT2D eigenvalue weighted by atomic mass is 10.1. The normalized spacial score (nSPS) is 14.3. The van der Waals surface area contributed by atoms with Crippen molar-refractivity contribution in [3.63, 3.8) is 0 Å². The van der Waals surface area contributed by atoms with Gasteiger partial charge in [0.25, 0.3) is 5.91 Å². The molecule has 2 N–H and O–H groups in total. The van der Waals surface area contributed by atoms with E-state index in [4.69, 9.17) is 5.73 Å². The summed E-state index contributed by atoms with van der Waals surface area (Å²) in [5.41, 5.74) is 7.32. The quantitative estimate of drug-likeness (QED) is 0.917. The van der Waals surface area contributed by atoms with Crippen molar-refractivity contribution >= 4 is 24.1 Å². The van der Waals surface area contributed by atoms with E-state index in [-0.39, 0.29) is 18.3 Å². The zero-order chi connectivity index (χ0) is 15.4. The lowest BCUT2D eigenvalue weighted by Gasteiger charge is -2.35. The Morgan fingerprint density at radius 2 is 1.78 bits per heavy atom. The zero-order valence-electron chi connectivity index (χ0n) is 12.8. The van der Waals surface area contributed by atoms with E-state index < -0.39 is 0 Å². The average Bonchev–Trinajstić information content (AvgIpc) is 2.62. The predicted molar refractivity (Wildman–Crippen MR) is 91.7 cm³/mol. The maximum atomic E-state index is 12.5. The van der Waals surface area contributed by atoms with Crippen molar-refractivity contribution in [3.8, 4) is 0 Å². The maximum Gasteiger partial charge on any atom is 0.253 e.